The molecular formula is C13H15ClFN3O6. The Labute approximate surface area is 140 Å². The van der Waals surface area contributed by atoms with Gasteiger partial charge in [0.2, 0.25) is 0 Å². The van der Waals surface area contributed by atoms with Crippen LogP contribution in [0.4, 0.5) is 10.2 Å². The maximum absolute atomic E-state index is 13.6. The average molecular weight is 364 g/mol. The first-order valence-electron chi connectivity index (χ1n) is 6.85. The molecule has 11 heteroatoms. The van der Waals surface area contributed by atoms with Crippen LogP contribution in [-0.2, 0) is 23.8 Å². The van der Waals surface area contributed by atoms with E-state index in [0.717, 1.165) is 17.7 Å². The highest BCUT2D eigenvalue weighted by Gasteiger charge is 2.47. The lowest BCUT2D eigenvalue weighted by Crippen LogP contribution is -2.36. The fourth-order valence-corrected chi connectivity index (χ4v) is 2.62. The van der Waals surface area contributed by atoms with Crippen molar-refractivity contribution in [2.24, 2.45) is 0 Å². The van der Waals surface area contributed by atoms with Crippen molar-refractivity contribution in [2.45, 2.75) is 37.7 Å². The molecule has 1 aliphatic heterocycles. The second-order valence-electron chi connectivity index (χ2n) is 5.05. The number of alkyl halides is 1. The average Bonchev–Trinajstić information content (AvgIpc) is 2.77. The summed E-state index contributed by atoms with van der Waals surface area (Å²) < 4.78 is 29.8. The van der Waals surface area contributed by atoms with Gasteiger partial charge in [0.15, 0.2) is 24.0 Å². The Morgan fingerprint density at radius 3 is 2.71 bits per heavy atom. The van der Waals surface area contributed by atoms with E-state index in [2.05, 4.69) is 4.98 Å². The molecule has 24 heavy (non-hydrogen) atoms. The molecular weight excluding hydrogens is 349 g/mol. The number of nitrogen functional groups attached to an aromatic ring is 1. The minimum absolute atomic E-state index is 0.257. The van der Waals surface area contributed by atoms with Gasteiger partial charge in [-0.3, -0.25) is 14.2 Å². The first-order valence-corrected chi connectivity index (χ1v) is 7.28. The van der Waals surface area contributed by atoms with Crippen LogP contribution in [0.3, 0.4) is 0 Å². The van der Waals surface area contributed by atoms with Gasteiger partial charge in [0.25, 0.3) is 0 Å². The zero-order valence-corrected chi connectivity index (χ0v) is 13.5. The number of nitrogens with two attached hydrogens (primary N) is 1. The Hall–Kier alpha value is -2.20. The molecule has 4 atom stereocenters. The number of halogens is 2. The monoisotopic (exact) mass is 363 g/mol. The number of esters is 2. The summed E-state index contributed by atoms with van der Waals surface area (Å²) in [6.07, 6.45) is -2.34. The van der Waals surface area contributed by atoms with Crippen molar-refractivity contribution in [1.29, 1.82) is 0 Å². The highest BCUT2D eigenvalue weighted by atomic mass is 35.5. The van der Waals surface area contributed by atoms with E-state index in [4.69, 9.17) is 31.5 Å². The third-order valence-corrected chi connectivity index (χ3v) is 3.69. The molecule has 2 N–H and O–H groups in total. The molecule has 2 rings (SSSR count). The number of anilines is 1. The van der Waals surface area contributed by atoms with Gasteiger partial charge in [-0.25, -0.2) is 9.18 Å². The SMILES string of the molecule is CC(=O)OC[C@H]1O[C@@H](n2cc(F)c(N)nc2=O)[C@@H](Cl)[C@@H]1OC(C)=O. The van der Waals surface area contributed by atoms with Crippen LogP contribution in [-0.4, -0.2) is 45.7 Å². The maximum Gasteiger partial charge on any atom is 0.351 e. The summed E-state index contributed by atoms with van der Waals surface area (Å²) in [7, 11) is 0. The zero-order valence-electron chi connectivity index (χ0n) is 12.8. The van der Waals surface area contributed by atoms with Gasteiger partial charge in [0.05, 0.1) is 6.20 Å². The van der Waals surface area contributed by atoms with Crippen LogP contribution in [0, 0.1) is 5.82 Å². The van der Waals surface area contributed by atoms with Gasteiger partial charge < -0.3 is 19.9 Å². The van der Waals surface area contributed by atoms with Gasteiger partial charge >= 0.3 is 17.6 Å². The van der Waals surface area contributed by atoms with E-state index in [9.17, 15) is 18.8 Å². The summed E-state index contributed by atoms with van der Waals surface area (Å²) in [5.74, 6) is -2.72. The van der Waals surface area contributed by atoms with Gasteiger partial charge in [0.1, 0.15) is 18.1 Å². The van der Waals surface area contributed by atoms with Crippen LogP contribution in [0.1, 0.15) is 20.1 Å². The molecule has 2 heterocycles. The molecule has 9 nitrogen and oxygen atoms in total. The number of aromatic nitrogens is 2. The summed E-state index contributed by atoms with van der Waals surface area (Å²) in [4.78, 5) is 37.4. The molecule has 1 fully saturated rings. The van der Waals surface area contributed by atoms with Crippen LogP contribution in [0.2, 0.25) is 0 Å². The fourth-order valence-electron chi connectivity index (χ4n) is 2.22. The fraction of sp³-hybridized carbons (Fsp3) is 0.538. The number of carbonyl (C=O) groups is 2. The van der Waals surface area contributed by atoms with E-state index in [1.807, 2.05) is 0 Å². The van der Waals surface area contributed by atoms with Crippen molar-refractivity contribution in [2.75, 3.05) is 12.3 Å². The van der Waals surface area contributed by atoms with Gasteiger partial charge in [-0.15, -0.1) is 11.6 Å². The number of ether oxygens (including phenoxy) is 3. The summed E-state index contributed by atoms with van der Waals surface area (Å²) >= 11 is 6.21. The highest BCUT2D eigenvalue weighted by Crippen LogP contribution is 2.35. The van der Waals surface area contributed by atoms with E-state index in [1.54, 1.807) is 0 Å². The Bertz CT molecular complexity index is 711. The second-order valence-corrected chi connectivity index (χ2v) is 5.55. The Morgan fingerprint density at radius 1 is 1.46 bits per heavy atom. The molecule has 0 saturated carbocycles. The summed E-state index contributed by atoms with van der Waals surface area (Å²) in [5.41, 5.74) is 4.33. The van der Waals surface area contributed by atoms with Crippen molar-refractivity contribution in [1.82, 2.24) is 9.55 Å². The van der Waals surface area contributed by atoms with Crippen molar-refractivity contribution in [3.05, 3.63) is 22.5 Å². The third-order valence-electron chi connectivity index (χ3n) is 3.23. The summed E-state index contributed by atoms with van der Waals surface area (Å²) in [5, 5.41) is -1.04. The predicted molar refractivity (Wildman–Crippen MR) is 78.6 cm³/mol. The summed E-state index contributed by atoms with van der Waals surface area (Å²) in [6, 6.07) is 0. The number of carbonyl (C=O) groups excluding carboxylic acids is 2. The number of rotatable bonds is 4. The van der Waals surface area contributed by atoms with Crippen LogP contribution >= 0.6 is 11.6 Å². The molecule has 1 saturated heterocycles. The van der Waals surface area contributed by atoms with Crippen molar-refractivity contribution in [3.8, 4) is 0 Å². The van der Waals surface area contributed by atoms with E-state index < -0.39 is 53.1 Å². The molecule has 1 aliphatic rings. The molecule has 0 aromatic carbocycles. The Kier molecular flexibility index (Phi) is 5.40. The summed E-state index contributed by atoms with van der Waals surface area (Å²) in [6.45, 7) is 2.10. The lowest BCUT2D eigenvalue weighted by Gasteiger charge is -2.19. The minimum atomic E-state index is -1.19. The quantitative estimate of drug-likeness (QED) is 0.584. The largest absolute Gasteiger partial charge is 0.463 e. The van der Waals surface area contributed by atoms with Crippen LogP contribution < -0.4 is 11.4 Å². The number of hydrogen-bond acceptors (Lipinski definition) is 8. The van der Waals surface area contributed by atoms with E-state index >= 15 is 0 Å². The molecule has 132 valence electrons. The lowest BCUT2D eigenvalue weighted by atomic mass is 10.1. The van der Waals surface area contributed by atoms with Crippen LogP contribution in [0.5, 0.6) is 0 Å². The lowest BCUT2D eigenvalue weighted by molar-refractivity contribution is -0.155. The minimum Gasteiger partial charge on any atom is -0.463 e. The molecule has 0 radical (unpaired) electrons. The van der Waals surface area contributed by atoms with Crippen LogP contribution in [0.15, 0.2) is 11.0 Å². The topological polar surface area (TPSA) is 123 Å². The standard InChI is InChI=1S/C13H15ClFN3O6/c1-5(19)22-4-8-10(23-6(2)20)9(14)12(24-8)18-3-7(15)11(16)17-13(18)21/h3,8-10,12H,4H2,1-2H3,(H2,16,17,21)/t8-,9+,10-,12-/m1/s1. The molecule has 0 aliphatic carbocycles. The Balaban J connectivity index is 2.31. The third kappa shape index (κ3) is 3.82. The zero-order chi connectivity index (χ0) is 18.0. The first-order chi connectivity index (χ1) is 11.2. The van der Waals surface area contributed by atoms with Gasteiger partial charge in [-0.1, -0.05) is 0 Å². The van der Waals surface area contributed by atoms with Crippen molar-refractivity contribution >= 4 is 29.4 Å². The maximum atomic E-state index is 13.6. The molecule has 0 bridgehead atoms. The molecule has 1 aromatic rings. The van der Waals surface area contributed by atoms with E-state index in [-0.39, 0.29) is 6.61 Å². The molecule has 0 spiro atoms. The van der Waals surface area contributed by atoms with Gasteiger partial charge in [-0.05, 0) is 0 Å². The first kappa shape index (κ1) is 18.1. The number of nitrogens with zero attached hydrogens (tertiary/aromatic N) is 2. The predicted octanol–water partition coefficient (Wildman–Crippen LogP) is -0.0358. The van der Waals surface area contributed by atoms with Crippen molar-refractivity contribution in [3.63, 3.8) is 0 Å². The van der Waals surface area contributed by atoms with Crippen molar-refractivity contribution < 1.29 is 28.2 Å². The smallest absolute Gasteiger partial charge is 0.351 e. The van der Waals surface area contributed by atoms with Gasteiger partial charge in [0, 0.05) is 13.8 Å². The Morgan fingerprint density at radius 2 is 2.12 bits per heavy atom. The second kappa shape index (κ2) is 7.14. The molecule has 0 amide bonds. The highest BCUT2D eigenvalue weighted by molar-refractivity contribution is 6.21. The molecule has 1 aromatic heterocycles. The van der Waals surface area contributed by atoms with Crippen LogP contribution in [0.25, 0.3) is 0 Å². The van der Waals surface area contributed by atoms with E-state index in [1.165, 1.54) is 6.92 Å². The number of hydrogen-bond donors (Lipinski definition) is 1. The van der Waals surface area contributed by atoms with Gasteiger partial charge in [-0.2, -0.15) is 4.98 Å². The normalized spacial score (nSPS) is 26.2. The van der Waals surface area contributed by atoms with E-state index in [0.29, 0.717) is 0 Å². The molecule has 0 unspecified atom stereocenters.